The van der Waals surface area contributed by atoms with Gasteiger partial charge in [0.15, 0.2) is 0 Å². The Morgan fingerprint density at radius 2 is 1.79 bits per heavy atom. The van der Waals surface area contributed by atoms with Crippen molar-refractivity contribution in [3.8, 4) is 0 Å². The molecule has 0 radical (unpaired) electrons. The molecule has 0 amide bonds. The zero-order chi connectivity index (χ0) is 11.4. The molecule has 0 unspecified atom stereocenters. The van der Waals surface area contributed by atoms with E-state index in [9.17, 15) is 0 Å². The van der Waals surface area contributed by atoms with Crippen LogP contribution in [0.15, 0.2) is 12.7 Å². The molecule has 0 aromatic carbocycles. The Labute approximate surface area is 89.2 Å². The summed E-state index contributed by atoms with van der Waals surface area (Å²) < 4.78 is 0. The van der Waals surface area contributed by atoms with Crippen LogP contribution in [0.1, 0.15) is 34.6 Å². The second-order valence-electron chi connectivity index (χ2n) is 5.22. The van der Waals surface area contributed by atoms with Crippen molar-refractivity contribution >= 4 is 0 Å². The maximum absolute atomic E-state index is 6.16. The zero-order valence-electron chi connectivity index (χ0n) is 10.4. The molecule has 0 bridgehead atoms. The van der Waals surface area contributed by atoms with Gasteiger partial charge >= 0.3 is 0 Å². The lowest BCUT2D eigenvalue weighted by atomic mass is 9.75. The van der Waals surface area contributed by atoms with E-state index in [1.807, 2.05) is 6.08 Å². The zero-order valence-corrected chi connectivity index (χ0v) is 10.4. The first-order valence-corrected chi connectivity index (χ1v) is 5.36. The largest absolute Gasteiger partial charge is 0.325 e. The van der Waals surface area contributed by atoms with Crippen molar-refractivity contribution in [2.75, 3.05) is 19.6 Å². The van der Waals surface area contributed by atoms with E-state index in [-0.39, 0.29) is 11.0 Å². The van der Waals surface area contributed by atoms with Crippen LogP contribution < -0.4 is 5.73 Å². The second-order valence-corrected chi connectivity index (χ2v) is 5.22. The van der Waals surface area contributed by atoms with Crippen LogP contribution in [-0.4, -0.2) is 30.1 Å². The van der Waals surface area contributed by atoms with E-state index in [4.69, 9.17) is 5.73 Å². The number of rotatable bonds is 6. The highest BCUT2D eigenvalue weighted by Gasteiger charge is 2.34. The van der Waals surface area contributed by atoms with Crippen LogP contribution in [0.5, 0.6) is 0 Å². The number of hydrogen-bond donors (Lipinski definition) is 1. The molecule has 0 saturated heterocycles. The molecule has 2 N–H and O–H groups in total. The Morgan fingerprint density at radius 1 is 1.29 bits per heavy atom. The second kappa shape index (κ2) is 4.94. The van der Waals surface area contributed by atoms with Crippen molar-refractivity contribution < 1.29 is 0 Å². The van der Waals surface area contributed by atoms with E-state index in [1.165, 1.54) is 0 Å². The minimum absolute atomic E-state index is 0.117. The predicted octanol–water partition coefficient (Wildman–Crippen LogP) is 2.26. The summed E-state index contributed by atoms with van der Waals surface area (Å²) in [6.07, 6.45) is 1.95. The molecule has 0 aliphatic heterocycles. The molecule has 2 heteroatoms. The highest BCUT2D eigenvalue weighted by Crippen LogP contribution is 2.29. The molecular formula is C12H26N2. The smallest absolute Gasteiger partial charge is 0.0161 e. The molecule has 0 aromatic heterocycles. The van der Waals surface area contributed by atoms with E-state index < -0.39 is 0 Å². The van der Waals surface area contributed by atoms with Gasteiger partial charge in [-0.1, -0.05) is 26.8 Å². The predicted molar refractivity (Wildman–Crippen MR) is 64.4 cm³/mol. The lowest BCUT2D eigenvalue weighted by Crippen LogP contribution is -2.53. The van der Waals surface area contributed by atoms with Gasteiger partial charge in [0, 0.05) is 18.6 Å². The van der Waals surface area contributed by atoms with Crippen LogP contribution in [0.2, 0.25) is 0 Å². The van der Waals surface area contributed by atoms with Crippen molar-refractivity contribution in [2.45, 2.75) is 40.2 Å². The molecule has 14 heavy (non-hydrogen) atoms. The monoisotopic (exact) mass is 198 g/mol. The molecule has 0 atom stereocenters. The van der Waals surface area contributed by atoms with Gasteiger partial charge < -0.3 is 5.73 Å². The van der Waals surface area contributed by atoms with E-state index in [1.54, 1.807) is 0 Å². The van der Waals surface area contributed by atoms with Gasteiger partial charge in [-0.3, -0.25) is 4.90 Å². The average Bonchev–Trinajstić information content (AvgIpc) is 2.01. The summed E-state index contributed by atoms with van der Waals surface area (Å²) in [7, 11) is 0. The standard InChI is InChI=1S/C12H26N2/c1-7-9-14(8-2)10-11(3,4)12(5,6)13/h7H,1,8-10,13H2,2-6H3. The van der Waals surface area contributed by atoms with Gasteiger partial charge in [-0.15, -0.1) is 6.58 Å². The van der Waals surface area contributed by atoms with Gasteiger partial charge in [0.25, 0.3) is 0 Å². The Morgan fingerprint density at radius 3 is 2.07 bits per heavy atom. The summed E-state index contributed by atoms with van der Waals surface area (Å²) in [5, 5.41) is 0. The van der Waals surface area contributed by atoms with Crippen LogP contribution in [0.25, 0.3) is 0 Å². The minimum Gasteiger partial charge on any atom is -0.325 e. The Balaban J connectivity index is 4.39. The summed E-state index contributed by atoms with van der Waals surface area (Å²) in [5.41, 5.74) is 6.13. The van der Waals surface area contributed by atoms with Crippen LogP contribution in [0.4, 0.5) is 0 Å². The fourth-order valence-electron chi connectivity index (χ4n) is 1.25. The molecular weight excluding hydrogens is 172 g/mol. The van der Waals surface area contributed by atoms with Crippen LogP contribution in [-0.2, 0) is 0 Å². The van der Waals surface area contributed by atoms with Gasteiger partial charge in [-0.05, 0) is 25.8 Å². The summed E-state index contributed by atoms with van der Waals surface area (Å²) in [6.45, 7) is 17.6. The summed E-state index contributed by atoms with van der Waals surface area (Å²) in [5.74, 6) is 0. The van der Waals surface area contributed by atoms with Crippen molar-refractivity contribution in [3.05, 3.63) is 12.7 Å². The Bertz CT molecular complexity index is 177. The quantitative estimate of drug-likeness (QED) is 0.663. The topological polar surface area (TPSA) is 29.3 Å². The van der Waals surface area contributed by atoms with E-state index >= 15 is 0 Å². The summed E-state index contributed by atoms with van der Waals surface area (Å²) >= 11 is 0. The highest BCUT2D eigenvalue weighted by molar-refractivity contribution is 4.92. The van der Waals surface area contributed by atoms with Crippen molar-refractivity contribution in [3.63, 3.8) is 0 Å². The molecule has 0 spiro atoms. The first kappa shape index (κ1) is 13.7. The van der Waals surface area contributed by atoms with Crippen molar-refractivity contribution in [1.29, 1.82) is 0 Å². The van der Waals surface area contributed by atoms with Crippen LogP contribution >= 0.6 is 0 Å². The highest BCUT2D eigenvalue weighted by atomic mass is 15.1. The van der Waals surface area contributed by atoms with Crippen molar-refractivity contribution in [1.82, 2.24) is 4.90 Å². The molecule has 0 heterocycles. The van der Waals surface area contributed by atoms with Gasteiger partial charge in [0.05, 0.1) is 0 Å². The third kappa shape index (κ3) is 3.81. The molecule has 2 nitrogen and oxygen atoms in total. The number of nitrogens with two attached hydrogens (primary N) is 1. The molecule has 0 aliphatic rings. The molecule has 0 fully saturated rings. The van der Waals surface area contributed by atoms with Crippen molar-refractivity contribution in [2.24, 2.45) is 11.1 Å². The third-order valence-electron chi connectivity index (χ3n) is 3.20. The van der Waals surface area contributed by atoms with E-state index in [2.05, 4.69) is 46.1 Å². The molecule has 0 aliphatic carbocycles. The lowest BCUT2D eigenvalue weighted by Gasteiger charge is -2.41. The van der Waals surface area contributed by atoms with Gasteiger partial charge in [0.2, 0.25) is 0 Å². The van der Waals surface area contributed by atoms with E-state index in [0.29, 0.717) is 0 Å². The minimum atomic E-state index is -0.151. The maximum atomic E-state index is 6.16. The van der Waals surface area contributed by atoms with Gasteiger partial charge in [0.1, 0.15) is 0 Å². The first-order valence-electron chi connectivity index (χ1n) is 5.36. The maximum Gasteiger partial charge on any atom is 0.0161 e. The average molecular weight is 198 g/mol. The number of nitrogens with zero attached hydrogens (tertiary/aromatic N) is 1. The lowest BCUT2D eigenvalue weighted by molar-refractivity contribution is 0.125. The Kier molecular flexibility index (Phi) is 4.82. The molecule has 0 aromatic rings. The summed E-state index contributed by atoms with van der Waals surface area (Å²) in [4.78, 5) is 2.36. The van der Waals surface area contributed by atoms with Gasteiger partial charge in [-0.2, -0.15) is 0 Å². The molecule has 0 saturated carbocycles. The fraction of sp³-hybridized carbons (Fsp3) is 0.833. The Hall–Kier alpha value is -0.340. The number of hydrogen-bond acceptors (Lipinski definition) is 2. The summed E-state index contributed by atoms with van der Waals surface area (Å²) in [6, 6.07) is 0. The van der Waals surface area contributed by atoms with E-state index in [0.717, 1.165) is 19.6 Å². The third-order valence-corrected chi connectivity index (χ3v) is 3.20. The van der Waals surface area contributed by atoms with Gasteiger partial charge in [-0.25, -0.2) is 0 Å². The first-order chi connectivity index (χ1) is 6.24. The molecule has 84 valence electrons. The SMILES string of the molecule is C=CCN(CC)CC(C)(C)C(C)(C)N. The van der Waals surface area contributed by atoms with Crippen LogP contribution in [0, 0.1) is 5.41 Å². The normalized spacial score (nSPS) is 13.4. The number of likely N-dealkylation sites (N-methyl/N-ethyl adjacent to an activating group) is 1. The van der Waals surface area contributed by atoms with Crippen LogP contribution in [0.3, 0.4) is 0 Å². The molecule has 0 rings (SSSR count). The fourth-order valence-corrected chi connectivity index (χ4v) is 1.25.